The Balaban J connectivity index is 2.88. The van der Waals surface area contributed by atoms with Crippen LogP contribution in [-0.4, -0.2) is 0 Å². The summed E-state index contributed by atoms with van der Waals surface area (Å²) in [6.45, 7) is -3.02. The third kappa shape index (κ3) is 2.63. The molecule has 0 saturated carbocycles. The van der Waals surface area contributed by atoms with Crippen LogP contribution in [-0.2, 0) is 7.05 Å². The van der Waals surface area contributed by atoms with E-state index in [9.17, 15) is 0 Å². The van der Waals surface area contributed by atoms with E-state index in [-0.39, 0.29) is 16.7 Å². The zero-order chi connectivity index (χ0) is 23.4. The molecule has 0 aliphatic rings. The standard InChI is InChI=1S/C19H26N/c1-12(2)17-10-19(20(7)11-16(17)6)18-9-14(4)13(3)8-15(18)5/h8-12H,1-7H3/q+1/i1D3,3D3,6D3,12D. The molecule has 0 bridgehead atoms. The normalized spacial score (nSPS) is 23.4. The first-order valence-corrected chi connectivity index (χ1v) is 6.45. The molecule has 0 aliphatic carbocycles. The third-order valence-corrected chi connectivity index (χ3v) is 3.53. The molecule has 0 saturated heterocycles. The fourth-order valence-corrected chi connectivity index (χ4v) is 2.32. The highest BCUT2D eigenvalue weighted by Gasteiger charge is 2.17. The Morgan fingerprint density at radius 3 is 2.45 bits per heavy atom. The van der Waals surface area contributed by atoms with E-state index in [2.05, 4.69) is 0 Å². The molecule has 0 radical (unpaired) electrons. The molecule has 1 unspecified atom stereocenters. The number of aryl methyl sites for hydroxylation is 5. The summed E-state index contributed by atoms with van der Waals surface area (Å²) in [5, 5.41) is 0. The Labute approximate surface area is 137 Å². The third-order valence-electron chi connectivity index (χ3n) is 3.53. The van der Waals surface area contributed by atoms with E-state index in [0.29, 0.717) is 22.4 Å². The van der Waals surface area contributed by atoms with E-state index in [1.165, 1.54) is 19.2 Å². The minimum Gasteiger partial charge on any atom is -0.201 e. The predicted octanol–water partition coefficient (Wildman–Crippen LogP) is 4.54. The van der Waals surface area contributed by atoms with Crippen molar-refractivity contribution in [3.8, 4) is 11.3 Å². The van der Waals surface area contributed by atoms with Crippen molar-refractivity contribution in [1.82, 2.24) is 0 Å². The zero-order valence-corrected chi connectivity index (χ0v) is 12.3. The fourth-order valence-electron chi connectivity index (χ4n) is 2.32. The highest BCUT2D eigenvalue weighted by Crippen LogP contribution is 2.27. The first-order chi connectivity index (χ1) is 13.3. The van der Waals surface area contributed by atoms with Crippen LogP contribution in [0.3, 0.4) is 0 Å². The van der Waals surface area contributed by atoms with Gasteiger partial charge in [0.05, 0.1) is 0 Å². The summed E-state index contributed by atoms with van der Waals surface area (Å²) in [6, 6.07) is 4.69. The number of benzene rings is 1. The van der Waals surface area contributed by atoms with Crippen LogP contribution in [0.4, 0.5) is 0 Å². The number of hydrogen-bond donors (Lipinski definition) is 0. The molecule has 0 N–H and O–H groups in total. The molecule has 2 rings (SSSR count). The summed E-state index contributed by atoms with van der Waals surface area (Å²) in [4.78, 5) is 0. The maximum Gasteiger partial charge on any atom is 0.212 e. The van der Waals surface area contributed by atoms with E-state index in [1.807, 2.05) is 0 Å². The Hall–Kier alpha value is -1.63. The molecule has 1 heteroatoms. The van der Waals surface area contributed by atoms with Gasteiger partial charge >= 0.3 is 0 Å². The molecule has 1 aromatic heterocycles. The van der Waals surface area contributed by atoms with Crippen molar-refractivity contribution in [2.75, 3.05) is 0 Å². The predicted molar refractivity (Wildman–Crippen MR) is 86.1 cm³/mol. The number of nitrogens with zero attached hydrogens (tertiary/aromatic N) is 1. The Bertz CT molecular complexity index is 965. The average Bonchev–Trinajstić information content (AvgIpc) is 2.53. The lowest BCUT2D eigenvalue weighted by atomic mass is 9.94. The SMILES string of the molecule is [2H]C([2H])([2H])c1cc(C)c(-c2cc(C([2H])(C)C([2H])([2H])[2H])c(C([2H])([2H])[2H])c[n+]2C)cc1C. The van der Waals surface area contributed by atoms with Crippen LogP contribution in [0.25, 0.3) is 11.3 Å². The Morgan fingerprint density at radius 1 is 1.05 bits per heavy atom. The summed E-state index contributed by atoms with van der Waals surface area (Å²) < 4.78 is 79.9. The van der Waals surface area contributed by atoms with Gasteiger partial charge in [-0.3, -0.25) is 0 Å². The fraction of sp³-hybridized carbons (Fsp3) is 0.421. The number of hydrogen-bond acceptors (Lipinski definition) is 0. The lowest BCUT2D eigenvalue weighted by molar-refractivity contribution is -0.660. The van der Waals surface area contributed by atoms with Gasteiger partial charge in [0.15, 0.2) is 6.20 Å². The molecule has 1 heterocycles. The van der Waals surface area contributed by atoms with Gasteiger partial charge < -0.3 is 0 Å². The topological polar surface area (TPSA) is 3.88 Å². The molecule has 1 aromatic carbocycles. The van der Waals surface area contributed by atoms with Crippen molar-refractivity contribution in [2.24, 2.45) is 7.05 Å². The van der Waals surface area contributed by atoms with Crippen LogP contribution in [0.1, 0.15) is 61.2 Å². The van der Waals surface area contributed by atoms with E-state index >= 15 is 0 Å². The first kappa shape index (κ1) is 6.43. The maximum absolute atomic E-state index is 8.48. The molecule has 2 aromatic rings. The molecule has 0 fully saturated rings. The van der Waals surface area contributed by atoms with Gasteiger partial charge in [0.25, 0.3) is 0 Å². The van der Waals surface area contributed by atoms with E-state index in [0.717, 1.165) is 0 Å². The second-order valence-corrected chi connectivity index (χ2v) is 5.20. The maximum atomic E-state index is 8.48. The van der Waals surface area contributed by atoms with Crippen molar-refractivity contribution >= 4 is 0 Å². The van der Waals surface area contributed by atoms with Crippen LogP contribution in [0.15, 0.2) is 24.4 Å². The highest BCUT2D eigenvalue weighted by atomic mass is 14.9. The second-order valence-electron chi connectivity index (χ2n) is 5.20. The number of pyridine rings is 1. The lowest BCUT2D eigenvalue weighted by Gasteiger charge is -2.13. The van der Waals surface area contributed by atoms with Gasteiger partial charge in [-0.2, -0.15) is 0 Å². The van der Waals surface area contributed by atoms with Gasteiger partial charge in [0.1, 0.15) is 7.05 Å². The molecular formula is C19H26N+. The largest absolute Gasteiger partial charge is 0.212 e. The van der Waals surface area contributed by atoms with Crippen molar-refractivity contribution < 1.29 is 18.3 Å². The van der Waals surface area contributed by atoms with Crippen LogP contribution >= 0.6 is 0 Å². The minimum atomic E-state index is -2.75. The van der Waals surface area contributed by atoms with Gasteiger partial charge in [-0.1, -0.05) is 19.8 Å². The molecule has 1 nitrogen and oxygen atoms in total. The van der Waals surface area contributed by atoms with E-state index in [4.69, 9.17) is 13.7 Å². The van der Waals surface area contributed by atoms with Crippen LogP contribution in [0, 0.1) is 27.6 Å². The second kappa shape index (κ2) is 5.40. The lowest BCUT2D eigenvalue weighted by Crippen LogP contribution is -2.32. The van der Waals surface area contributed by atoms with Crippen LogP contribution in [0.5, 0.6) is 0 Å². The van der Waals surface area contributed by atoms with E-state index in [1.54, 1.807) is 37.6 Å². The van der Waals surface area contributed by atoms with E-state index < -0.39 is 26.4 Å². The van der Waals surface area contributed by atoms with Crippen molar-refractivity contribution in [1.29, 1.82) is 0 Å². The molecule has 0 aliphatic heterocycles. The summed E-state index contributed by atoms with van der Waals surface area (Å²) in [6.07, 6.45) is 1.34. The Morgan fingerprint density at radius 2 is 1.80 bits per heavy atom. The van der Waals surface area contributed by atoms with Crippen LogP contribution in [0.2, 0.25) is 0 Å². The molecule has 0 spiro atoms. The van der Waals surface area contributed by atoms with Crippen LogP contribution < -0.4 is 4.57 Å². The highest BCUT2D eigenvalue weighted by molar-refractivity contribution is 5.64. The first-order valence-electron chi connectivity index (χ1n) is 11.4. The molecule has 20 heavy (non-hydrogen) atoms. The molecule has 0 amide bonds. The van der Waals surface area contributed by atoms with Gasteiger partial charge in [0.2, 0.25) is 5.69 Å². The van der Waals surface area contributed by atoms with Gasteiger partial charge in [-0.05, 0) is 61.8 Å². The molecule has 1 atom stereocenters. The summed E-state index contributed by atoms with van der Waals surface area (Å²) in [7, 11) is 1.64. The molecular weight excluding hydrogens is 242 g/mol. The van der Waals surface area contributed by atoms with Crippen molar-refractivity contribution in [3.63, 3.8) is 0 Å². The van der Waals surface area contributed by atoms with Crippen molar-refractivity contribution in [3.05, 3.63) is 52.2 Å². The summed E-state index contributed by atoms with van der Waals surface area (Å²) in [5.74, 6) is -2.15. The minimum absolute atomic E-state index is 0.104. The van der Waals surface area contributed by atoms with Gasteiger partial charge in [-0.15, -0.1) is 0 Å². The monoisotopic (exact) mass is 278 g/mol. The summed E-state index contributed by atoms with van der Waals surface area (Å²) in [5.41, 5.74) is 2.25. The van der Waals surface area contributed by atoms with Gasteiger partial charge in [-0.25, -0.2) is 4.57 Å². The quantitative estimate of drug-likeness (QED) is 0.710. The summed E-state index contributed by atoms with van der Waals surface area (Å²) >= 11 is 0. The average molecular weight is 278 g/mol. The number of rotatable bonds is 2. The van der Waals surface area contributed by atoms with Gasteiger partial charge in [0, 0.05) is 30.9 Å². The number of aromatic nitrogens is 1. The smallest absolute Gasteiger partial charge is 0.201 e. The zero-order valence-electron chi connectivity index (χ0n) is 22.3. The molecule has 106 valence electrons. The van der Waals surface area contributed by atoms with Crippen molar-refractivity contribution in [2.45, 2.75) is 47.2 Å². The Kier molecular flexibility index (Phi) is 1.73.